The van der Waals surface area contributed by atoms with E-state index in [0.29, 0.717) is 24.6 Å². The van der Waals surface area contributed by atoms with Gasteiger partial charge in [-0.15, -0.1) is 11.8 Å². The highest BCUT2D eigenvalue weighted by Crippen LogP contribution is 2.28. The van der Waals surface area contributed by atoms with Gasteiger partial charge in [-0.3, -0.25) is 13.9 Å². The predicted octanol–water partition coefficient (Wildman–Crippen LogP) is 6.48. The Kier molecular flexibility index (Phi) is 12.9. The molecule has 0 spiro atoms. The van der Waals surface area contributed by atoms with E-state index in [2.05, 4.69) is 5.32 Å². The van der Waals surface area contributed by atoms with Gasteiger partial charge in [0.15, 0.2) is 0 Å². The first-order chi connectivity index (χ1) is 22.7. The lowest BCUT2D eigenvalue weighted by Crippen LogP contribution is -2.53. The lowest BCUT2D eigenvalue weighted by atomic mass is 10.0. The average Bonchev–Trinajstić information content (AvgIpc) is 3.08. The van der Waals surface area contributed by atoms with E-state index in [1.165, 1.54) is 16.7 Å². The maximum Gasteiger partial charge on any atom is 0.264 e. The second-order valence-corrected chi connectivity index (χ2v) is 13.9. The number of benzene rings is 4. The van der Waals surface area contributed by atoms with E-state index < -0.39 is 28.5 Å². The van der Waals surface area contributed by atoms with Gasteiger partial charge in [0.1, 0.15) is 18.3 Å². The summed E-state index contributed by atoms with van der Waals surface area (Å²) >= 11 is 1.51. The molecule has 0 unspecified atom stereocenters. The molecule has 0 radical (unpaired) electrons. The van der Waals surface area contributed by atoms with Crippen LogP contribution in [0.25, 0.3) is 0 Å². The van der Waals surface area contributed by atoms with Crippen LogP contribution in [0.15, 0.2) is 113 Å². The zero-order valence-electron chi connectivity index (χ0n) is 27.4. The normalized spacial score (nSPS) is 11.8. The first-order valence-electron chi connectivity index (χ1n) is 15.7. The Labute approximate surface area is 283 Å². The number of sulfonamides is 1. The summed E-state index contributed by atoms with van der Waals surface area (Å²) in [4.78, 5) is 30.9. The van der Waals surface area contributed by atoms with E-state index in [4.69, 9.17) is 4.74 Å². The smallest absolute Gasteiger partial charge is 0.264 e. The Morgan fingerprint density at radius 1 is 0.872 bits per heavy atom. The number of thioether (sulfide) groups is 1. The molecule has 0 aliphatic rings. The molecule has 1 atom stereocenters. The van der Waals surface area contributed by atoms with Crippen LogP contribution in [0.3, 0.4) is 0 Å². The van der Waals surface area contributed by atoms with Crippen molar-refractivity contribution in [2.24, 2.45) is 0 Å². The van der Waals surface area contributed by atoms with Crippen LogP contribution in [0.1, 0.15) is 37.0 Å². The first-order valence-corrected chi connectivity index (χ1v) is 18.4. The third-order valence-electron chi connectivity index (χ3n) is 7.62. The molecule has 0 aliphatic heterocycles. The van der Waals surface area contributed by atoms with E-state index in [-0.39, 0.29) is 23.8 Å². The predicted molar refractivity (Wildman–Crippen MR) is 189 cm³/mol. The molecule has 2 amide bonds. The standard InChI is InChI=1S/C37H43N3O5S2/c1-5-23-38-37(42)35(25-29-12-8-7-9-13-29)39(26-30-14-10-11-28(3)24-30)36(41)27-40(31-15-17-32(18-16-31)45-6-2)47(43,44)34-21-19-33(46-4)20-22-34/h7-22,24,35H,5-6,23,25-27H2,1-4H3,(H,38,42)/t35-/m0/s1. The summed E-state index contributed by atoms with van der Waals surface area (Å²) in [6.07, 6.45) is 2.91. The van der Waals surface area contributed by atoms with Crippen LogP contribution in [0, 0.1) is 6.92 Å². The third-order valence-corrected chi connectivity index (χ3v) is 10.1. The molecule has 1 N–H and O–H groups in total. The largest absolute Gasteiger partial charge is 0.494 e. The van der Waals surface area contributed by atoms with Crippen molar-refractivity contribution in [2.45, 2.75) is 56.0 Å². The minimum absolute atomic E-state index is 0.0590. The highest BCUT2D eigenvalue weighted by atomic mass is 32.2. The van der Waals surface area contributed by atoms with E-state index in [0.717, 1.165) is 32.3 Å². The monoisotopic (exact) mass is 673 g/mol. The summed E-state index contributed by atoms with van der Waals surface area (Å²) < 4.78 is 35.3. The molecular formula is C37H43N3O5S2. The van der Waals surface area contributed by atoms with Gasteiger partial charge in [-0.25, -0.2) is 8.42 Å². The van der Waals surface area contributed by atoms with E-state index in [1.807, 2.05) is 81.6 Å². The fraction of sp³-hybridized carbons (Fsp3) is 0.297. The molecule has 0 saturated heterocycles. The molecular weight excluding hydrogens is 631 g/mol. The molecule has 47 heavy (non-hydrogen) atoms. The fourth-order valence-electron chi connectivity index (χ4n) is 5.21. The molecule has 248 valence electrons. The van der Waals surface area contributed by atoms with Gasteiger partial charge < -0.3 is 15.0 Å². The second-order valence-electron chi connectivity index (χ2n) is 11.1. The van der Waals surface area contributed by atoms with Crippen molar-refractivity contribution in [3.8, 4) is 5.75 Å². The zero-order chi connectivity index (χ0) is 33.8. The number of nitrogens with zero attached hydrogens (tertiary/aromatic N) is 2. The first kappa shape index (κ1) is 35.6. The maximum absolute atomic E-state index is 14.6. The highest BCUT2D eigenvalue weighted by molar-refractivity contribution is 7.98. The van der Waals surface area contributed by atoms with E-state index >= 15 is 0 Å². The topological polar surface area (TPSA) is 96.0 Å². The minimum atomic E-state index is -4.20. The molecule has 0 fully saturated rings. The second kappa shape index (κ2) is 17.0. The van der Waals surface area contributed by atoms with Crippen molar-refractivity contribution in [2.75, 3.05) is 30.3 Å². The van der Waals surface area contributed by atoms with Crippen LogP contribution >= 0.6 is 11.8 Å². The van der Waals surface area contributed by atoms with E-state index in [1.54, 1.807) is 48.5 Å². The van der Waals surface area contributed by atoms with Crippen molar-refractivity contribution in [1.29, 1.82) is 0 Å². The summed E-state index contributed by atoms with van der Waals surface area (Å²) in [5.41, 5.74) is 3.04. The van der Waals surface area contributed by atoms with Gasteiger partial charge in [-0.05, 0) is 86.2 Å². The van der Waals surface area contributed by atoms with Crippen LogP contribution in [0.2, 0.25) is 0 Å². The Hall–Kier alpha value is -4.28. The SMILES string of the molecule is CCCNC(=O)[C@H](Cc1ccccc1)N(Cc1cccc(C)c1)C(=O)CN(c1ccc(OCC)cc1)S(=O)(=O)c1ccc(SC)cc1. The molecule has 4 rings (SSSR count). The summed E-state index contributed by atoms with van der Waals surface area (Å²) in [6, 6.07) is 29.6. The molecule has 0 heterocycles. The van der Waals surface area contributed by atoms with Gasteiger partial charge in [0.05, 0.1) is 17.2 Å². The quantitative estimate of drug-likeness (QED) is 0.137. The Balaban J connectivity index is 1.80. The van der Waals surface area contributed by atoms with Crippen LogP contribution in [0.4, 0.5) is 5.69 Å². The number of rotatable bonds is 16. The summed E-state index contributed by atoms with van der Waals surface area (Å²) in [5, 5.41) is 2.97. The van der Waals surface area contributed by atoms with Crippen LogP contribution < -0.4 is 14.4 Å². The summed E-state index contributed by atoms with van der Waals surface area (Å²) in [6.45, 7) is 6.32. The van der Waals surface area contributed by atoms with Crippen molar-refractivity contribution < 1.29 is 22.7 Å². The van der Waals surface area contributed by atoms with Crippen molar-refractivity contribution in [1.82, 2.24) is 10.2 Å². The molecule has 10 heteroatoms. The van der Waals surface area contributed by atoms with Crippen LogP contribution in [-0.2, 0) is 32.6 Å². The number of carbonyl (C=O) groups is 2. The van der Waals surface area contributed by atoms with Gasteiger partial charge in [0.2, 0.25) is 11.8 Å². The molecule has 0 aromatic heterocycles. The zero-order valence-corrected chi connectivity index (χ0v) is 29.0. The summed E-state index contributed by atoms with van der Waals surface area (Å²) in [5.74, 6) is -0.210. The fourth-order valence-corrected chi connectivity index (χ4v) is 7.03. The third kappa shape index (κ3) is 9.62. The lowest BCUT2D eigenvalue weighted by molar-refractivity contribution is -0.140. The lowest BCUT2D eigenvalue weighted by Gasteiger charge is -2.34. The van der Waals surface area contributed by atoms with Gasteiger partial charge in [-0.1, -0.05) is 67.1 Å². The van der Waals surface area contributed by atoms with Gasteiger partial charge in [-0.2, -0.15) is 0 Å². The highest BCUT2D eigenvalue weighted by Gasteiger charge is 2.34. The van der Waals surface area contributed by atoms with Crippen LogP contribution in [-0.4, -0.2) is 57.1 Å². The van der Waals surface area contributed by atoms with Gasteiger partial charge in [0, 0.05) is 24.4 Å². The van der Waals surface area contributed by atoms with Crippen LogP contribution in [0.5, 0.6) is 5.75 Å². The molecule has 0 bridgehead atoms. The van der Waals surface area contributed by atoms with Crippen molar-refractivity contribution in [3.63, 3.8) is 0 Å². The number of hydrogen-bond donors (Lipinski definition) is 1. The number of carbonyl (C=O) groups excluding carboxylic acids is 2. The molecule has 0 saturated carbocycles. The Bertz CT molecular complexity index is 1710. The Morgan fingerprint density at radius 3 is 2.17 bits per heavy atom. The maximum atomic E-state index is 14.6. The minimum Gasteiger partial charge on any atom is -0.494 e. The van der Waals surface area contributed by atoms with Gasteiger partial charge >= 0.3 is 0 Å². The average molecular weight is 674 g/mol. The number of nitrogens with one attached hydrogen (secondary N) is 1. The molecule has 4 aromatic carbocycles. The van der Waals surface area contributed by atoms with E-state index in [9.17, 15) is 18.0 Å². The molecule has 8 nitrogen and oxygen atoms in total. The van der Waals surface area contributed by atoms with Gasteiger partial charge in [0.25, 0.3) is 10.0 Å². The van der Waals surface area contributed by atoms with Crippen molar-refractivity contribution >= 4 is 39.3 Å². The van der Waals surface area contributed by atoms with Crippen molar-refractivity contribution in [3.05, 3.63) is 120 Å². The molecule has 0 aliphatic carbocycles. The number of amides is 2. The summed E-state index contributed by atoms with van der Waals surface area (Å²) in [7, 11) is -4.20. The number of anilines is 1. The number of aryl methyl sites for hydroxylation is 1. The molecule has 4 aromatic rings. The Morgan fingerprint density at radius 2 is 1.55 bits per heavy atom. The number of ether oxygens (including phenoxy) is 1. The number of hydrogen-bond acceptors (Lipinski definition) is 6.